The minimum Gasteiger partial charge on any atom is -0.465 e. The van der Waals surface area contributed by atoms with Crippen LogP contribution in [0.2, 0.25) is 0 Å². The molecule has 114 valence electrons. The summed E-state index contributed by atoms with van der Waals surface area (Å²) in [5.41, 5.74) is 5.59. The van der Waals surface area contributed by atoms with Gasteiger partial charge in [-0.05, 0) is 47.9 Å². The molecule has 1 unspecified atom stereocenters. The number of carbonyl (C=O) groups excluding carboxylic acids is 1. The second-order valence-electron chi connectivity index (χ2n) is 5.90. The molecule has 0 aromatic heterocycles. The number of hydrogen-bond acceptors (Lipinski definition) is 3. The molecule has 0 amide bonds. The molecule has 0 spiro atoms. The molecule has 0 fully saturated rings. The molecule has 3 nitrogen and oxygen atoms in total. The lowest BCUT2D eigenvalue weighted by atomic mass is 9.98. The first-order valence-corrected chi connectivity index (χ1v) is 7.78. The molecule has 22 heavy (non-hydrogen) atoms. The summed E-state index contributed by atoms with van der Waals surface area (Å²) in [6, 6.07) is 10.7. The van der Waals surface area contributed by atoms with Crippen molar-refractivity contribution in [2.75, 3.05) is 11.9 Å². The number of hydrogen-bond donors (Lipinski definition) is 1. The molecule has 0 bridgehead atoms. The van der Waals surface area contributed by atoms with Crippen molar-refractivity contribution in [3.05, 3.63) is 53.7 Å². The summed E-state index contributed by atoms with van der Waals surface area (Å²) in [6.45, 7) is 6.61. The van der Waals surface area contributed by atoms with Crippen LogP contribution in [0.25, 0.3) is 11.1 Å². The standard InChI is InChI=1S/C19H21NO2/c1-4-22-19(21)16-9-10-20-18-15-8-7-13(12(2)3)5-6-14(15)11-17(16)18/h5-12,16,20H,4H2,1-3H3. The maximum absolute atomic E-state index is 12.1. The molecule has 0 radical (unpaired) electrons. The van der Waals surface area contributed by atoms with E-state index < -0.39 is 0 Å². The third-order valence-electron chi connectivity index (χ3n) is 4.14. The van der Waals surface area contributed by atoms with Crippen LogP contribution in [0.1, 0.15) is 43.7 Å². The average Bonchev–Trinajstić information content (AvgIpc) is 2.71. The third-order valence-corrected chi connectivity index (χ3v) is 4.14. The first-order valence-electron chi connectivity index (χ1n) is 7.78. The van der Waals surface area contributed by atoms with Crippen molar-refractivity contribution < 1.29 is 9.53 Å². The molecule has 0 saturated heterocycles. The lowest BCUT2D eigenvalue weighted by Crippen LogP contribution is -2.17. The summed E-state index contributed by atoms with van der Waals surface area (Å²) in [5, 5.41) is 3.29. The van der Waals surface area contributed by atoms with Crippen LogP contribution in [0.15, 0.2) is 42.6 Å². The van der Waals surface area contributed by atoms with Gasteiger partial charge < -0.3 is 10.1 Å². The van der Waals surface area contributed by atoms with Gasteiger partial charge in [0.05, 0.1) is 12.3 Å². The highest BCUT2D eigenvalue weighted by Gasteiger charge is 2.28. The van der Waals surface area contributed by atoms with Crippen LogP contribution in [-0.4, -0.2) is 12.6 Å². The maximum atomic E-state index is 12.1. The fraction of sp³-hybridized carbons (Fsp3) is 0.316. The summed E-state index contributed by atoms with van der Waals surface area (Å²) in [5.74, 6) is -0.0185. The number of nitrogens with one attached hydrogen (secondary N) is 1. The Hall–Kier alpha value is -2.29. The van der Waals surface area contributed by atoms with Crippen molar-refractivity contribution in [3.63, 3.8) is 0 Å². The first-order chi connectivity index (χ1) is 10.6. The Morgan fingerprint density at radius 3 is 2.77 bits per heavy atom. The van der Waals surface area contributed by atoms with Crippen LogP contribution in [0.3, 0.4) is 0 Å². The normalized spacial score (nSPS) is 16.5. The second kappa shape index (κ2) is 5.84. The molecule has 1 N–H and O–H groups in total. The summed E-state index contributed by atoms with van der Waals surface area (Å²) in [7, 11) is 0. The van der Waals surface area contributed by atoms with Gasteiger partial charge in [0.2, 0.25) is 0 Å². The zero-order chi connectivity index (χ0) is 15.7. The van der Waals surface area contributed by atoms with E-state index in [-0.39, 0.29) is 11.9 Å². The van der Waals surface area contributed by atoms with E-state index in [1.165, 1.54) is 5.56 Å². The lowest BCUT2D eigenvalue weighted by molar-refractivity contribution is -0.143. The lowest BCUT2D eigenvalue weighted by Gasteiger charge is -2.17. The van der Waals surface area contributed by atoms with Crippen molar-refractivity contribution in [1.29, 1.82) is 0 Å². The molecule has 1 aliphatic heterocycles. The van der Waals surface area contributed by atoms with Gasteiger partial charge in [-0.2, -0.15) is 0 Å². The summed E-state index contributed by atoms with van der Waals surface area (Å²) in [4.78, 5) is 12.1. The highest BCUT2D eigenvalue weighted by atomic mass is 16.5. The maximum Gasteiger partial charge on any atom is 0.317 e. The number of esters is 1. The van der Waals surface area contributed by atoms with Crippen molar-refractivity contribution in [2.45, 2.75) is 32.6 Å². The van der Waals surface area contributed by atoms with Crippen LogP contribution in [0.5, 0.6) is 0 Å². The van der Waals surface area contributed by atoms with Crippen molar-refractivity contribution in [3.8, 4) is 11.1 Å². The van der Waals surface area contributed by atoms with E-state index in [0.717, 1.165) is 22.4 Å². The molecule has 2 aliphatic carbocycles. The van der Waals surface area contributed by atoms with Crippen LogP contribution in [0, 0.1) is 0 Å². The van der Waals surface area contributed by atoms with Gasteiger partial charge in [-0.1, -0.05) is 38.1 Å². The Balaban J connectivity index is 2.07. The van der Waals surface area contributed by atoms with Gasteiger partial charge >= 0.3 is 5.97 Å². The van der Waals surface area contributed by atoms with E-state index in [1.54, 1.807) is 0 Å². The summed E-state index contributed by atoms with van der Waals surface area (Å²) < 4.78 is 5.19. The smallest absolute Gasteiger partial charge is 0.317 e. The van der Waals surface area contributed by atoms with Crippen LogP contribution in [0.4, 0.5) is 5.69 Å². The van der Waals surface area contributed by atoms with E-state index in [0.29, 0.717) is 12.5 Å². The Kier molecular flexibility index (Phi) is 3.88. The van der Waals surface area contributed by atoms with Crippen LogP contribution >= 0.6 is 0 Å². The molecule has 3 heteroatoms. The second-order valence-corrected chi connectivity index (χ2v) is 5.90. The number of anilines is 1. The quantitative estimate of drug-likeness (QED) is 0.847. The Bertz CT molecular complexity index is 703. The highest BCUT2D eigenvalue weighted by Crippen LogP contribution is 2.42. The zero-order valence-electron chi connectivity index (χ0n) is 13.2. The van der Waals surface area contributed by atoms with E-state index in [1.807, 2.05) is 19.2 Å². The van der Waals surface area contributed by atoms with Crippen molar-refractivity contribution in [1.82, 2.24) is 0 Å². The molecular formula is C19H21NO2. The largest absolute Gasteiger partial charge is 0.465 e. The topological polar surface area (TPSA) is 38.3 Å². The van der Waals surface area contributed by atoms with Crippen LogP contribution in [-0.2, 0) is 9.53 Å². The fourth-order valence-electron chi connectivity index (χ4n) is 2.92. The van der Waals surface area contributed by atoms with E-state index >= 15 is 0 Å². The van der Waals surface area contributed by atoms with Gasteiger partial charge in [0.25, 0.3) is 0 Å². The van der Waals surface area contributed by atoms with Gasteiger partial charge in [-0.3, -0.25) is 4.79 Å². The molecule has 1 atom stereocenters. The monoisotopic (exact) mass is 295 g/mol. The van der Waals surface area contributed by atoms with Gasteiger partial charge in [-0.25, -0.2) is 0 Å². The van der Waals surface area contributed by atoms with Gasteiger partial charge in [0, 0.05) is 5.56 Å². The molecule has 0 aromatic rings. The number of fused-ring (bicyclic) bond motifs is 3. The van der Waals surface area contributed by atoms with E-state index in [9.17, 15) is 4.79 Å². The Labute approximate surface area is 131 Å². The van der Waals surface area contributed by atoms with Crippen LogP contribution < -0.4 is 5.32 Å². The first kappa shape index (κ1) is 14.6. The number of ether oxygens (including phenoxy) is 1. The minimum absolute atomic E-state index is 0.191. The van der Waals surface area contributed by atoms with E-state index in [4.69, 9.17) is 4.74 Å². The molecule has 3 rings (SSSR count). The Morgan fingerprint density at radius 1 is 1.27 bits per heavy atom. The predicted molar refractivity (Wildman–Crippen MR) is 89.3 cm³/mol. The molecule has 0 saturated carbocycles. The minimum atomic E-state index is -0.321. The molecule has 1 heterocycles. The molecular weight excluding hydrogens is 274 g/mol. The summed E-state index contributed by atoms with van der Waals surface area (Å²) >= 11 is 0. The molecule has 0 aromatic carbocycles. The number of rotatable bonds is 3. The third kappa shape index (κ3) is 2.47. The zero-order valence-corrected chi connectivity index (χ0v) is 13.2. The summed E-state index contributed by atoms with van der Waals surface area (Å²) in [6.07, 6.45) is 3.69. The predicted octanol–water partition coefficient (Wildman–Crippen LogP) is 4.50. The van der Waals surface area contributed by atoms with Crippen molar-refractivity contribution >= 4 is 11.7 Å². The average molecular weight is 295 g/mol. The fourth-order valence-corrected chi connectivity index (χ4v) is 2.92. The van der Waals surface area contributed by atoms with Gasteiger partial charge in [-0.15, -0.1) is 0 Å². The Morgan fingerprint density at radius 2 is 2.05 bits per heavy atom. The van der Waals surface area contributed by atoms with Crippen molar-refractivity contribution in [2.24, 2.45) is 0 Å². The number of carbonyl (C=O) groups is 1. The SMILES string of the molecule is CCOC(=O)C1C=CNc2c3ccc(C(C)C)ccc-3cc21. The van der Waals surface area contributed by atoms with E-state index in [2.05, 4.69) is 49.5 Å². The molecule has 3 aliphatic rings. The van der Waals surface area contributed by atoms with Gasteiger partial charge in [0.15, 0.2) is 0 Å². The van der Waals surface area contributed by atoms with Gasteiger partial charge in [0.1, 0.15) is 5.92 Å². The highest BCUT2D eigenvalue weighted by molar-refractivity contribution is 5.93.